The van der Waals surface area contributed by atoms with Crippen LogP contribution in [0.5, 0.6) is 11.5 Å². The summed E-state index contributed by atoms with van der Waals surface area (Å²) in [4.78, 5) is 4.18. The number of benzene rings is 1. The molecule has 0 aliphatic rings. The van der Waals surface area contributed by atoms with Gasteiger partial charge in [0, 0.05) is 17.3 Å². The minimum absolute atomic E-state index is 0.0915. The van der Waals surface area contributed by atoms with Gasteiger partial charge in [0.05, 0.1) is 0 Å². The van der Waals surface area contributed by atoms with Crippen LogP contribution >= 0.6 is 0 Å². The molecule has 0 bridgehead atoms. The van der Waals surface area contributed by atoms with E-state index in [2.05, 4.69) is 4.98 Å². The van der Waals surface area contributed by atoms with Gasteiger partial charge in [0.15, 0.2) is 11.5 Å². The van der Waals surface area contributed by atoms with Crippen LogP contribution in [0.3, 0.4) is 0 Å². The predicted octanol–water partition coefficient (Wildman–Crippen LogP) is 2.26. The molecule has 0 saturated carbocycles. The fourth-order valence-electron chi connectivity index (χ4n) is 1.48. The van der Waals surface area contributed by atoms with Gasteiger partial charge >= 0.3 is 0 Å². The first kappa shape index (κ1) is 8.81. The van der Waals surface area contributed by atoms with E-state index in [1.165, 1.54) is 6.07 Å². The van der Waals surface area contributed by atoms with Crippen LogP contribution < -0.4 is 0 Å². The second kappa shape index (κ2) is 2.87. The molecular weight excluding hydrogens is 178 g/mol. The number of phenols is 2. The van der Waals surface area contributed by atoms with Crippen molar-refractivity contribution >= 4 is 10.8 Å². The molecule has 0 aliphatic heterocycles. The largest absolute Gasteiger partial charge is 0.504 e. The fourth-order valence-corrected chi connectivity index (χ4v) is 1.48. The summed E-state index contributed by atoms with van der Waals surface area (Å²) in [5.74, 6) is -0.200. The number of aromatic nitrogens is 1. The van der Waals surface area contributed by atoms with Crippen molar-refractivity contribution in [1.82, 2.24) is 4.98 Å². The van der Waals surface area contributed by atoms with E-state index in [0.29, 0.717) is 0 Å². The molecule has 0 unspecified atom stereocenters. The highest BCUT2D eigenvalue weighted by atomic mass is 16.3. The molecule has 3 nitrogen and oxygen atoms in total. The summed E-state index contributed by atoms with van der Waals surface area (Å²) in [5, 5.41) is 20.4. The number of phenolic OH excluding ortho intramolecular Hbond substituents is 2. The Labute approximate surface area is 81.7 Å². The average molecular weight is 189 g/mol. The summed E-state index contributed by atoms with van der Waals surface area (Å²) < 4.78 is 0. The lowest BCUT2D eigenvalue weighted by molar-refractivity contribution is 0.405. The summed E-state index contributed by atoms with van der Waals surface area (Å²) in [5.41, 5.74) is 1.96. The Morgan fingerprint density at radius 1 is 1.07 bits per heavy atom. The van der Waals surface area contributed by atoms with Crippen molar-refractivity contribution in [2.45, 2.75) is 13.8 Å². The minimum atomic E-state index is -0.109. The second-order valence-electron chi connectivity index (χ2n) is 3.40. The third-order valence-corrected chi connectivity index (χ3v) is 2.49. The molecule has 0 amide bonds. The van der Waals surface area contributed by atoms with E-state index in [4.69, 9.17) is 0 Å². The fraction of sp³-hybridized carbons (Fsp3) is 0.182. The van der Waals surface area contributed by atoms with Crippen LogP contribution in [0.15, 0.2) is 18.3 Å². The zero-order valence-electron chi connectivity index (χ0n) is 8.07. The standard InChI is InChI=1S/C11H11NO2/c1-6-7(2)12-5-8-3-10(13)11(14)4-9(6)8/h3-5,13-14H,1-2H3. The highest BCUT2D eigenvalue weighted by molar-refractivity contribution is 5.88. The Bertz CT molecular complexity index is 506. The summed E-state index contributed by atoms with van der Waals surface area (Å²) in [6.45, 7) is 3.86. The van der Waals surface area contributed by atoms with Crippen molar-refractivity contribution in [2.75, 3.05) is 0 Å². The molecule has 14 heavy (non-hydrogen) atoms. The van der Waals surface area contributed by atoms with Gasteiger partial charge in [-0.3, -0.25) is 4.98 Å². The first-order chi connectivity index (χ1) is 6.59. The van der Waals surface area contributed by atoms with E-state index >= 15 is 0 Å². The van der Waals surface area contributed by atoms with Crippen molar-refractivity contribution in [1.29, 1.82) is 0 Å². The Hall–Kier alpha value is -1.77. The zero-order valence-corrected chi connectivity index (χ0v) is 8.07. The van der Waals surface area contributed by atoms with E-state index in [1.54, 1.807) is 12.3 Å². The molecule has 2 N–H and O–H groups in total. The third kappa shape index (κ3) is 1.18. The Morgan fingerprint density at radius 3 is 2.43 bits per heavy atom. The molecule has 1 aromatic carbocycles. The van der Waals surface area contributed by atoms with E-state index in [9.17, 15) is 10.2 Å². The van der Waals surface area contributed by atoms with Crippen LogP contribution in [-0.4, -0.2) is 15.2 Å². The van der Waals surface area contributed by atoms with Gasteiger partial charge in [-0.1, -0.05) is 0 Å². The van der Waals surface area contributed by atoms with Gasteiger partial charge in [0.25, 0.3) is 0 Å². The number of hydrogen-bond acceptors (Lipinski definition) is 3. The lowest BCUT2D eigenvalue weighted by Gasteiger charge is -2.06. The number of fused-ring (bicyclic) bond motifs is 1. The molecule has 2 aromatic rings. The maximum absolute atomic E-state index is 9.36. The average Bonchev–Trinajstić information content (AvgIpc) is 2.15. The number of aromatic hydroxyl groups is 2. The van der Waals surface area contributed by atoms with Crippen LogP contribution in [0.2, 0.25) is 0 Å². The molecule has 1 aromatic heterocycles. The quantitative estimate of drug-likeness (QED) is 0.625. The van der Waals surface area contributed by atoms with Crippen LogP contribution in [0, 0.1) is 13.8 Å². The molecule has 0 spiro atoms. The maximum Gasteiger partial charge on any atom is 0.158 e. The van der Waals surface area contributed by atoms with Crippen LogP contribution in [0.1, 0.15) is 11.3 Å². The molecule has 1 heterocycles. The highest BCUT2D eigenvalue weighted by Crippen LogP contribution is 2.31. The lowest BCUT2D eigenvalue weighted by atomic mass is 10.1. The highest BCUT2D eigenvalue weighted by Gasteiger charge is 2.06. The number of hydrogen-bond donors (Lipinski definition) is 2. The van der Waals surface area contributed by atoms with E-state index in [0.717, 1.165) is 22.0 Å². The second-order valence-corrected chi connectivity index (χ2v) is 3.40. The smallest absolute Gasteiger partial charge is 0.158 e. The van der Waals surface area contributed by atoms with Gasteiger partial charge in [-0.05, 0) is 36.9 Å². The first-order valence-corrected chi connectivity index (χ1v) is 4.37. The summed E-state index contributed by atoms with van der Waals surface area (Å²) in [6.07, 6.45) is 1.69. The van der Waals surface area contributed by atoms with Gasteiger partial charge in [0.2, 0.25) is 0 Å². The molecular formula is C11H11NO2. The number of nitrogens with zero attached hydrogens (tertiary/aromatic N) is 1. The summed E-state index contributed by atoms with van der Waals surface area (Å²) in [6, 6.07) is 3.08. The van der Waals surface area contributed by atoms with Crippen LogP contribution in [0.25, 0.3) is 10.8 Å². The van der Waals surface area contributed by atoms with Crippen LogP contribution in [-0.2, 0) is 0 Å². The molecule has 0 aliphatic carbocycles. The molecule has 0 radical (unpaired) electrons. The van der Waals surface area contributed by atoms with E-state index in [1.807, 2.05) is 13.8 Å². The van der Waals surface area contributed by atoms with E-state index < -0.39 is 0 Å². The van der Waals surface area contributed by atoms with E-state index in [-0.39, 0.29) is 11.5 Å². The molecule has 72 valence electrons. The van der Waals surface area contributed by atoms with Gasteiger partial charge in [-0.25, -0.2) is 0 Å². The van der Waals surface area contributed by atoms with Crippen molar-refractivity contribution in [3.63, 3.8) is 0 Å². The van der Waals surface area contributed by atoms with Crippen molar-refractivity contribution < 1.29 is 10.2 Å². The topological polar surface area (TPSA) is 53.4 Å². The Morgan fingerprint density at radius 2 is 1.71 bits per heavy atom. The van der Waals surface area contributed by atoms with Gasteiger partial charge in [-0.2, -0.15) is 0 Å². The predicted molar refractivity (Wildman–Crippen MR) is 54.5 cm³/mol. The molecule has 0 saturated heterocycles. The SMILES string of the molecule is Cc1ncc2cc(O)c(O)cc2c1C. The first-order valence-electron chi connectivity index (χ1n) is 4.37. The molecule has 0 atom stereocenters. The van der Waals surface area contributed by atoms with Crippen molar-refractivity contribution in [2.24, 2.45) is 0 Å². The Balaban J connectivity index is 2.89. The monoisotopic (exact) mass is 189 g/mol. The summed E-state index contributed by atoms with van der Waals surface area (Å²) in [7, 11) is 0. The normalized spacial score (nSPS) is 10.7. The van der Waals surface area contributed by atoms with Crippen molar-refractivity contribution in [3.8, 4) is 11.5 Å². The van der Waals surface area contributed by atoms with Gasteiger partial charge in [-0.15, -0.1) is 0 Å². The third-order valence-electron chi connectivity index (χ3n) is 2.49. The lowest BCUT2D eigenvalue weighted by Crippen LogP contribution is -1.88. The molecule has 0 fully saturated rings. The van der Waals surface area contributed by atoms with Gasteiger partial charge in [0.1, 0.15) is 0 Å². The van der Waals surface area contributed by atoms with Crippen LogP contribution in [0.4, 0.5) is 0 Å². The van der Waals surface area contributed by atoms with Crippen molar-refractivity contribution in [3.05, 3.63) is 29.6 Å². The molecule has 2 rings (SSSR count). The number of pyridine rings is 1. The number of rotatable bonds is 0. The summed E-state index contributed by atoms with van der Waals surface area (Å²) >= 11 is 0. The number of aryl methyl sites for hydroxylation is 2. The minimum Gasteiger partial charge on any atom is -0.504 e. The zero-order chi connectivity index (χ0) is 10.3. The van der Waals surface area contributed by atoms with Gasteiger partial charge < -0.3 is 10.2 Å². The molecule has 3 heteroatoms. The Kier molecular flexibility index (Phi) is 1.81. The maximum atomic E-state index is 9.36.